The molecule has 98 valence electrons. The molecule has 1 N–H and O–H groups in total. The SMILES string of the molecule is Ic1ccc(NCC2CCCc3ccccc32)cc1. The second kappa shape index (κ2) is 5.95. The fourth-order valence-corrected chi connectivity index (χ4v) is 3.23. The van der Waals surface area contributed by atoms with E-state index in [0.717, 1.165) is 6.54 Å². The average Bonchev–Trinajstić information content (AvgIpc) is 2.47. The highest BCUT2D eigenvalue weighted by Crippen LogP contribution is 2.31. The van der Waals surface area contributed by atoms with E-state index >= 15 is 0 Å². The van der Waals surface area contributed by atoms with Gasteiger partial charge in [-0.1, -0.05) is 24.3 Å². The van der Waals surface area contributed by atoms with E-state index in [2.05, 4.69) is 76.4 Å². The number of rotatable bonds is 3. The molecule has 0 spiro atoms. The lowest BCUT2D eigenvalue weighted by Gasteiger charge is -2.26. The van der Waals surface area contributed by atoms with Gasteiger partial charge in [-0.3, -0.25) is 0 Å². The van der Waals surface area contributed by atoms with E-state index in [0.29, 0.717) is 5.92 Å². The molecule has 0 heterocycles. The van der Waals surface area contributed by atoms with Crippen LogP contribution >= 0.6 is 22.6 Å². The highest BCUT2D eigenvalue weighted by atomic mass is 127. The summed E-state index contributed by atoms with van der Waals surface area (Å²) in [5.74, 6) is 0.657. The molecule has 2 aromatic carbocycles. The Morgan fingerprint density at radius 1 is 1.05 bits per heavy atom. The second-order valence-corrected chi connectivity index (χ2v) is 6.42. The van der Waals surface area contributed by atoms with Crippen molar-refractivity contribution in [3.8, 4) is 0 Å². The molecule has 0 saturated heterocycles. The first-order chi connectivity index (χ1) is 9.33. The summed E-state index contributed by atoms with van der Waals surface area (Å²) in [6.07, 6.45) is 3.86. The lowest BCUT2D eigenvalue weighted by molar-refractivity contribution is 0.572. The third-order valence-electron chi connectivity index (χ3n) is 3.89. The van der Waals surface area contributed by atoms with Crippen LogP contribution in [0.1, 0.15) is 29.9 Å². The van der Waals surface area contributed by atoms with Crippen LogP contribution < -0.4 is 5.32 Å². The predicted octanol–water partition coefficient (Wildman–Crippen LogP) is 4.82. The molecule has 1 atom stereocenters. The standard InChI is InChI=1S/C17H18IN/c18-15-8-10-16(11-9-15)19-12-14-6-3-5-13-4-1-2-7-17(13)14/h1-2,4,7-11,14,19H,3,5-6,12H2. The molecular weight excluding hydrogens is 345 g/mol. The summed E-state index contributed by atoms with van der Waals surface area (Å²) in [5, 5.41) is 3.58. The molecule has 1 aliphatic carbocycles. The van der Waals surface area contributed by atoms with Gasteiger partial charge in [0.15, 0.2) is 0 Å². The average molecular weight is 363 g/mol. The molecule has 2 heteroatoms. The van der Waals surface area contributed by atoms with E-state index in [1.165, 1.54) is 28.5 Å². The summed E-state index contributed by atoms with van der Waals surface area (Å²) in [4.78, 5) is 0. The van der Waals surface area contributed by atoms with E-state index in [1.807, 2.05) is 0 Å². The van der Waals surface area contributed by atoms with E-state index in [-0.39, 0.29) is 0 Å². The Kier molecular flexibility index (Phi) is 4.06. The normalized spacial score (nSPS) is 17.8. The fraction of sp³-hybridized carbons (Fsp3) is 0.294. The topological polar surface area (TPSA) is 12.0 Å². The third kappa shape index (κ3) is 3.11. The van der Waals surface area contributed by atoms with Crippen LogP contribution in [0.15, 0.2) is 48.5 Å². The number of hydrogen-bond donors (Lipinski definition) is 1. The van der Waals surface area contributed by atoms with Crippen LogP contribution in [-0.4, -0.2) is 6.54 Å². The third-order valence-corrected chi connectivity index (χ3v) is 4.61. The summed E-state index contributed by atoms with van der Waals surface area (Å²) < 4.78 is 1.28. The Labute approximate surface area is 128 Å². The Morgan fingerprint density at radius 2 is 1.84 bits per heavy atom. The maximum atomic E-state index is 3.58. The van der Waals surface area contributed by atoms with Crippen molar-refractivity contribution in [3.05, 3.63) is 63.2 Å². The summed E-state index contributed by atoms with van der Waals surface area (Å²) in [5.41, 5.74) is 4.32. The van der Waals surface area contributed by atoms with Crippen molar-refractivity contribution in [2.45, 2.75) is 25.2 Å². The first kappa shape index (κ1) is 13.0. The smallest absolute Gasteiger partial charge is 0.0341 e. The van der Waals surface area contributed by atoms with Crippen LogP contribution in [0.4, 0.5) is 5.69 Å². The minimum Gasteiger partial charge on any atom is -0.384 e. The van der Waals surface area contributed by atoms with Gasteiger partial charge in [0, 0.05) is 21.7 Å². The van der Waals surface area contributed by atoms with Crippen molar-refractivity contribution in [2.24, 2.45) is 0 Å². The van der Waals surface area contributed by atoms with Gasteiger partial charge < -0.3 is 5.32 Å². The summed E-state index contributed by atoms with van der Waals surface area (Å²) in [7, 11) is 0. The van der Waals surface area contributed by atoms with Crippen molar-refractivity contribution >= 4 is 28.3 Å². The number of aryl methyl sites for hydroxylation is 1. The van der Waals surface area contributed by atoms with Crippen LogP contribution in [0, 0.1) is 3.57 Å². The molecule has 0 fully saturated rings. The van der Waals surface area contributed by atoms with Crippen molar-refractivity contribution in [3.63, 3.8) is 0 Å². The minimum atomic E-state index is 0.657. The maximum absolute atomic E-state index is 3.58. The molecule has 1 unspecified atom stereocenters. The van der Waals surface area contributed by atoms with Crippen LogP contribution in [0.5, 0.6) is 0 Å². The van der Waals surface area contributed by atoms with Crippen molar-refractivity contribution in [2.75, 3.05) is 11.9 Å². The van der Waals surface area contributed by atoms with Gasteiger partial charge in [-0.2, -0.15) is 0 Å². The van der Waals surface area contributed by atoms with Crippen molar-refractivity contribution < 1.29 is 0 Å². The molecule has 0 aliphatic heterocycles. The van der Waals surface area contributed by atoms with E-state index < -0.39 is 0 Å². The Balaban J connectivity index is 1.69. The second-order valence-electron chi connectivity index (χ2n) is 5.18. The summed E-state index contributed by atoms with van der Waals surface area (Å²) >= 11 is 2.34. The molecule has 1 aliphatic rings. The molecule has 0 saturated carbocycles. The van der Waals surface area contributed by atoms with Crippen LogP contribution in [-0.2, 0) is 6.42 Å². The van der Waals surface area contributed by atoms with Gasteiger partial charge >= 0.3 is 0 Å². The molecule has 19 heavy (non-hydrogen) atoms. The highest BCUT2D eigenvalue weighted by molar-refractivity contribution is 14.1. The molecule has 0 radical (unpaired) electrons. The molecule has 0 aromatic heterocycles. The van der Waals surface area contributed by atoms with Gasteiger partial charge in [-0.05, 0) is 77.2 Å². The molecule has 2 aromatic rings. The molecule has 1 nitrogen and oxygen atoms in total. The van der Waals surface area contributed by atoms with Gasteiger partial charge in [0.2, 0.25) is 0 Å². The zero-order valence-corrected chi connectivity index (χ0v) is 13.1. The molecule has 0 bridgehead atoms. The molecule has 3 rings (SSSR count). The van der Waals surface area contributed by atoms with Gasteiger partial charge in [-0.15, -0.1) is 0 Å². The van der Waals surface area contributed by atoms with Crippen LogP contribution in [0.25, 0.3) is 0 Å². The van der Waals surface area contributed by atoms with Gasteiger partial charge in [0.1, 0.15) is 0 Å². The monoisotopic (exact) mass is 363 g/mol. The quantitative estimate of drug-likeness (QED) is 0.771. The van der Waals surface area contributed by atoms with Crippen LogP contribution in [0.2, 0.25) is 0 Å². The van der Waals surface area contributed by atoms with E-state index in [9.17, 15) is 0 Å². The minimum absolute atomic E-state index is 0.657. The van der Waals surface area contributed by atoms with Gasteiger partial charge in [0.25, 0.3) is 0 Å². The molecular formula is C17H18IN. The number of anilines is 1. The van der Waals surface area contributed by atoms with E-state index in [1.54, 1.807) is 11.1 Å². The summed E-state index contributed by atoms with van der Waals surface area (Å²) in [6, 6.07) is 17.5. The number of nitrogens with one attached hydrogen (secondary N) is 1. The first-order valence-electron chi connectivity index (χ1n) is 6.90. The van der Waals surface area contributed by atoms with E-state index in [4.69, 9.17) is 0 Å². The largest absolute Gasteiger partial charge is 0.384 e. The fourth-order valence-electron chi connectivity index (χ4n) is 2.88. The van der Waals surface area contributed by atoms with Crippen molar-refractivity contribution in [1.29, 1.82) is 0 Å². The first-order valence-corrected chi connectivity index (χ1v) is 7.98. The predicted molar refractivity (Wildman–Crippen MR) is 89.8 cm³/mol. The maximum Gasteiger partial charge on any atom is 0.0341 e. The Bertz CT molecular complexity index is 547. The van der Waals surface area contributed by atoms with Crippen molar-refractivity contribution in [1.82, 2.24) is 0 Å². The number of hydrogen-bond acceptors (Lipinski definition) is 1. The number of halogens is 1. The zero-order valence-electron chi connectivity index (χ0n) is 10.9. The van der Waals surface area contributed by atoms with Crippen LogP contribution in [0.3, 0.4) is 0 Å². The number of fused-ring (bicyclic) bond motifs is 1. The number of benzene rings is 2. The van der Waals surface area contributed by atoms with Gasteiger partial charge in [0.05, 0.1) is 0 Å². The Hall–Kier alpha value is -1.03. The lowest BCUT2D eigenvalue weighted by atomic mass is 9.83. The van der Waals surface area contributed by atoms with Gasteiger partial charge in [-0.25, -0.2) is 0 Å². The summed E-state index contributed by atoms with van der Waals surface area (Å²) in [6.45, 7) is 1.04. The highest BCUT2D eigenvalue weighted by Gasteiger charge is 2.19. The Morgan fingerprint density at radius 3 is 2.68 bits per heavy atom. The molecule has 0 amide bonds. The zero-order chi connectivity index (χ0) is 13.1. The lowest BCUT2D eigenvalue weighted by Crippen LogP contribution is -2.18.